The summed E-state index contributed by atoms with van der Waals surface area (Å²) >= 11 is 0. The van der Waals surface area contributed by atoms with Crippen LogP contribution in [-0.2, 0) is 6.42 Å². The molecule has 1 amide bonds. The summed E-state index contributed by atoms with van der Waals surface area (Å²) < 4.78 is 0. The van der Waals surface area contributed by atoms with Crippen molar-refractivity contribution < 1.29 is 4.79 Å². The minimum absolute atomic E-state index is 0.0929. The van der Waals surface area contributed by atoms with Crippen LogP contribution in [0.3, 0.4) is 0 Å². The summed E-state index contributed by atoms with van der Waals surface area (Å²) in [5, 5.41) is 6.63. The van der Waals surface area contributed by atoms with Crippen molar-refractivity contribution in [2.45, 2.75) is 51.5 Å². The first-order chi connectivity index (χ1) is 9.74. The molecule has 0 bridgehead atoms. The molecule has 0 saturated heterocycles. The molecule has 2 N–H and O–H groups in total. The Balaban J connectivity index is 1.74. The molecule has 1 aliphatic carbocycles. The molecule has 1 fully saturated rings. The first kappa shape index (κ1) is 13.5. The molecule has 1 aromatic rings. The van der Waals surface area contributed by atoms with Crippen LogP contribution in [0.25, 0.3) is 0 Å². The fourth-order valence-electron chi connectivity index (χ4n) is 3.53. The zero-order valence-corrected chi connectivity index (χ0v) is 12.2. The summed E-state index contributed by atoms with van der Waals surface area (Å²) in [6.07, 6.45) is 7.00. The van der Waals surface area contributed by atoms with E-state index in [2.05, 4.69) is 23.6 Å². The fourth-order valence-corrected chi connectivity index (χ4v) is 3.53. The van der Waals surface area contributed by atoms with Crippen LogP contribution in [0.1, 0.15) is 54.9 Å². The molecular formula is C17H24N2O. The van der Waals surface area contributed by atoms with Crippen molar-refractivity contribution in [3.05, 3.63) is 29.3 Å². The van der Waals surface area contributed by atoms with Crippen molar-refractivity contribution in [3.8, 4) is 0 Å². The molecule has 1 aliphatic heterocycles. The van der Waals surface area contributed by atoms with Gasteiger partial charge in [0.25, 0.3) is 5.91 Å². The molecule has 3 heteroatoms. The third-order valence-corrected chi connectivity index (χ3v) is 4.59. The van der Waals surface area contributed by atoms with Gasteiger partial charge < -0.3 is 10.6 Å². The first-order valence-corrected chi connectivity index (χ1v) is 7.90. The number of fused-ring (bicyclic) bond motifs is 1. The summed E-state index contributed by atoms with van der Waals surface area (Å²) in [7, 11) is 0. The highest BCUT2D eigenvalue weighted by atomic mass is 16.1. The molecule has 1 saturated carbocycles. The predicted molar refractivity (Wildman–Crippen MR) is 82.1 cm³/mol. The monoisotopic (exact) mass is 272 g/mol. The molecule has 3 nitrogen and oxygen atoms in total. The number of hydrogen-bond donors (Lipinski definition) is 2. The highest BCUT2D eigenvalue weighted by Gasteiger charge is 2.23. The maximum absolute atomic E-state index is 12.5. The van der Waals surface area contributed by atoms with E-state index in [0.29, 0.717) is 6.04 Å². The van der Waals surface area contributed by atoms with Gasteiger partial charge >= 0.3 is 0 Å². The zero-order chi connectivity index (χ0) is 13.9. The molecule has 108 valence electrons. The molecule has 2 atom stereocenters. The third-order valence-electron chi connectivity index (χ3n) is 4.59. The third kappa shape index (κ3) is 2.82. The Morgan fingerprint density at radius 2 is 2.20 bits per heavy atom. The van der Waals surface area contributed by atoms with Crippen molar-refractivity contribution in [2.24, 2.45) is 5.92 Å². The van der Waals surface area contributed by atoms with Gasteiger partial charge in [0.15, 0.2) is 0 Å². The van der Waals surface area contributed by atoms with Crippen LogP contribution in [-0.4, -0.2) is 18.5 Å². The Morgan fingerprint density at radius 3 is 3.05 bits per heavy atom. The van der Waals surface area contributed by atoms with E-state index >= 15 is 0 Å². The van der Waals surface area contributed by atoms with Gasteiger partial charge in [0.05, 0.1) is 11.3 Å². The Kier molecular flexibility index (Phi) is 3.95. The number of amides is 1. The average molecular weight is 272 g/mol. The number of hydrogen-bond acceptors (Lipinski definition) is 2. The standard InChI is InChI=1S/C17H24N2O/c1-12-5-2-8-14(11-12)19-17(20)15-9-3-6-13-7-4-10-18-16(13)15/h3,6,9,12,14,18H,2,4-5,7-8,10-11H2,1H3,(H,19,20). The highest BCUT2D eigenvalue weighted by molar-refractivity contribution is 6.00. The summed E-state index contributed by atoms with van der Waals surface area (Å²) in [5.41, 5.74) is 3.15. The second-order valence-corrected chi connectivity index (χ2v) is 6.31. The van der Waals surface area contributed by atoms with Gasteiger partial charge in [0, 0.05) is 12.6 Å². The maximum Gasteiger partial charge on any atom is 0.253 e. The summed E-state index contributed by atoms with van der Waals surface area (Å²) in [5.74, 6) is 0.826. The van der Waals surface area contributed by atoms with Crippen LogP contribution in [0, 0.1) is 5.92 Å². The van der Waals surface area contributed by atoms with Crippen molar-refractivity contribution in [1.82, 2.24) is 5.32 Å². The lowest BCUT2D eigenvalue weighted by molar-refractivity contribution is 0.0922. The minimum Gasteiger partial charge on any atom is -0.384 e. The number of benzene rings is 1. The number of nitrogens with one attached hydrogen (secondary N) is 2. The molecule has 0 aromatic heterocycles. The molecule has 0 radical (unpaired) electrons. The van der Waals surface area contributed by atoms with E-state index < -0.39 is 0 Å². The second kappa shape index (κ2) is 5.86. The molecule has 2 aliphatic rings. The normalized spacial score (nSPS) is 25.4. The quantitative estimate of drug-likeness (QED) is 0.867. The first-order valence-electron chi connectivity index (χ1n) is 7.90. The van der Waals surface area contributed by atoms with Gasteiger partial charge in [-0.25, -0.2) is 0 Å². The van der Waals surface area contributed by atoms with Crippen molar-refractivity contribution >= 4 is 11.6 Å². The van der Waals surface area contributed by atoms with Gasteiger partial charge in [0.1, 0.15) is 0 Å². The lowest BCUT2D eigenvalue weighted by Crippen LogP contribution is -2.38. The van der Waals surface area contributed by atoms with E-state index in [1.54, 1.807) is 0 Å². The van der Waals surface area contributed by atoms with Crippen LogP contribution in [0.5, 0.6) is 0 Å². The second-order valence-electron chi connectivity index (χ2n) is 6.31. The largest absolute Gasteiger partial charge is 0.384 e. The zero-order valence-electron chi connectivity index (χ0n) is 12.2. The number of carbonyl (C=O) groups is 1. The fraction of sp³-hybridized carbons (Fsp3) is 0.588. The maximum atomic E-state index is 12.5. The highest BCUT2D eigenvalue weighted by Crippen LogP contribution is 2.27. The molecule has 3 rings (SSSR count). The average Bonchev–Trinajstić information content (AvgIpc) is 2.46. The smallest absolute Gasteiger partial charge is 0.253 e. The van der Waals surface area contributed by atoms with E-state index in [1.807, 2.05) is 12.1 Å². The molecular weight excluding hydrogens is 248 g/mol. The molecule has 1 heterocycles. The Hall–Kier alpha value is -1.51. The van der Waals surface area contributed by atoms with Gasteiger partial charge in [-0.15, -0.1) is 0 Å². The Bertz CT molecular complexity index is 498. The topological polar surface area (TPSA) is 41.1 Å². The number of para-hydroxylation sites is 1. The predicted octanol–water partition coefficient (Wildman–Crippen LogP) is 3.35. The summed E-state index contributed by atoms with van der Waals surface area (Å²) in [6.45, 7) is 3.25. The van der Waals surface area contributed by atoms with Crippen LogP contribution >= 0.6 is 0 Å². The van der Waals surface area contributed by atoms with Crippen molar-refractivity contribution in [3.63, 3.8) is 0 Å². The van der Waals surface area contributed by atoms with E-state index in [0.717, 1.165) is 49.4 Å². The van der Waals surface area contributed by atoms with E-state index in [-0.39, 0.29) is 5.91 Å². The molecule has 2 unspecified atom stereocenters. The molecule has 1 aromatic carbocycles. The molecule has 0 spiro atoms. The minimum atomic E-state index is 0.0929. The van der Waals surface area contributed by atoms with Gasteiger partial charge in [-0.1, -0.05) is 31.9 Å². The van der Waals surface area contributed by atoms with Crippen LogP contribution < -0.4 is 10.6 Å². The Labute approximate surface area is 121 Å². The van der Waals surface area contributed by atoms with Gasteiger partial charge in [0.2, 0.25) is 0 Å². The number of aryl methyl sites for hydroxylation is 1. The van der Waals surface area contributed by atoms with Crippen molar-refractivity contribution in [2.75, 3.05) is 11.9 Å². The van der Waals surface area contributed by atoms with Crippen LogP contribution in [0.4, 0.5) is 5.69 Å². The lowest BCUT2D eigenvalue weighted by Gasteiger charge is -2.28. The number of carbonyl (C=O) groups excluding carboxylic acids is 1. The van der Waals surface area contributed by atoms with Gasteiger partial charge in [-0.3, -0.25) is 4.79 Å². The summed E-state index contributed by atoms with van der Waals surface area (Å²) in [6, 6.07) is 6.43. The van der Waals surface area contributed by atoms with E-state index in [9.17, 15) is 4.79 Å². The lowest BCUT2D eigenvalue weighted by atomic mass is 9.87. The van der Waals surface area contributed by atoms with Crippen molar-refractivity contribution in [1.29, 1.82) is 0 Å². The van der Waals surface area contributed by atoms with Crippen LogP contribution in [0.2, 0.25) is 0 Å². The summed E-state index contributed by atoms with van der Waals surface area (Å²) in [4.78, 5) is 12.5. The van der Waals surface area contributed by atoms with Crippen LogP contribution in [0.15, 0.2) is 18.2 Å². The number of rotatable bonds is 2. The van der Waals surface area contributed by atoms with Gasteiger partial charge in [-0.05, 0) is 43.2 Å². The van der Waals surface area contributed by atoms with E-state index in [4.69, 9.17) is 0 Å². The SMILES string of the molecule is CC1CCCC(NC(=O)c2cccc3c2NCCC3)C1. The van der Waals surface area contributed by atoms with Gasteiger partial charge in [-0.2, -0.15) is 0 Å². The number of anilines is 1. The van der Waals surface area contributed by atoms with E-state index in [1.165, 1.54) is 18.4 Å². The molecule has 20 heavy (non-hydrogen) atoms. The Morgan fingerprint density at radius 1 is 1.30 bits per heavy atom.